The van der Waals surface area contributed by atoms with Crippen molar-refractivity contribution in [2.45, 2.75) is 6.18 Å². The molecule has 0 saturated carbocycles. The van der Waals surface area contributed by atoms with Crippen LogP contribution in [0.25, 0.3) is 0 Å². The molecular weight excluding hydrogens is 375 g/mol. The third kappa shape index (κ3) is 4.56. The number of alkyl halides is 3. The number of carbonyl (C=O) groups excluding carboxylic acids is 2. The number of aromatic nitrogens is 2. The van der Waals surface area contributed by atoms with Gasteiger partial charge in [-0.1, -0.05) is 6.07 Å². The quantitative estimate of drug-likeness (QED) is 0.487. The smallest absolute Gasteiger partial charge is 0.416 e. The highest BCUT2D eigenvalue weighted by molar-refractivity contribution is 5.99. The lowest BCUT2D eigenvalue weighted by Crippen LogP contribution is -2.16. The van der Waals surface area contributed by atoms with Gasteiger partial charge >= 0.3 is 12.1 Å². The van der Waals surface area contributed by atoms with Gasteiger partial charge in [-0.25, -0.2) is 9.78 Å². The summed E-state index contributed by atoms with van der Waals surface area (Å²) in [5.41, 5.74) is -0.459. The largest absolute Gasteiger partial charge is 0.454 e. The number of Topliss-reactive ketones (excluding diaryl/α,β-unsaturated/α-hetero) is 1. The van der Waals surface area contributed by atoms with Crippen molar-refractivity contribution in [2.75, 3.05) is 11.9 Å². The van der Waals surface area contributed by atoms with E-state index in [9.17, 15) is 22.8 Å². The van der Waals surface area contributed by atoms with Crippen molar-refractivity contribution in [2.24, 2.45) is 0 Å². The van der Waals surface area contributed by atoms with Gasteiger partial charge in [-0.15, -0.1) is 0 Å². The number of ether oxygens (including phenoxy) is 1. The average Bonchev–Trinajstić information content (AvgIpc) is 3.21. The highest BCUT2D eigenvalue weighted by Crippen LogP contribution is 2.31. The SMILES string of the molecule is O=C(COC(=O)c1cccnc1Nc1cccc(C(F)(F)F)c1)c1ccc[nH]1. The predicted octanol–water partition coefficient (Wildman–Crippen LogP) is 4.21. The predicted molar refractivity (Wildman–Crippen MR) is 94.4 cm³/mol. The number of hydrogen-bond donors (Lipinski definition) is 2. The van der Waals surface area contributed by atoms with Crippen molar-refractivity contribution in [1.29, 1.82) is 0 Å². The fourth-order valence-corrected chi connectivity index (χ4v) is 2.37. The van der Waals surface area contributed by atoms with E-state index in [2.05, 4.69) is 15.3 Å². The Balaban J connectivity index is 1.74. The third-order valence-electron chi connectivity index (χ3n) is 3.71. The van der Waals surface area contributed by atoms with Gasteiger partial charge in [-0.2, -0.15) is 13.2 Å². The molecule has 0 saturated heterocycles. The van der Waals surface area contributed by atoms with Crippen molar-refractivity contribution in [3.8, 4) is 0 Å². The fraction of sp³-hybridized carbons (Fsp3) is 0.105. The molecule has 0 aliphatic heterocycles. The van der Waals surface area contributed by atoms with E-state index in [0.717, 1.165) is 12.1 Å². The molecule has 0 fully saturated rings. The Kier molecular flexibility index (Phi) is 5.44. The highest BCUT2D eigenvalue weighted by atomic mass is 19.4. The Morgan fingerprint density at radius 2 is 1.93 bits per heavy atom. The number of benzene rings is 1. The van der Waals surface area contributed by atoms with E-state index in [1.165, 1.54) is 30.5 Å². The second-order valence-corrected chi connectivity index (χ2v) is 5.69. The van der Waals surface area contributed by atoms with Gasteiger partial charge in [0, 0.05) is 18.1 Å². The molecule has 0 spiro atoms. The van der Waals surface area contributed by atoms with Crippen LogP contribution < -0.4 is 5.32 Å². The number of pyridine rings is 1. The lowest BCUT2D eigenvalue weighted by Gasteiger charge is -2.12. The number of nitrogens with one attached hydrogen (secondary N) is 2. The molecule has 0 bridgehead atoms. The molecule has 3 rings (SSSR count). The molecule has 144 valence electrons. The maximum atomic E-state index is 12.9. The van der Waals surface area contributed by atoms with Crippen molar-refractivity contribution in [3.05, 3.63) is 77.7 Å². The number of anilines is 2. The molecule has 0 atom stereocenters. The van der Waals surface area contributed by atoms with E-state index in [4.69, 9.17) is 4.74 Å². The van der Waals surface area contributed by atoms with Crippen LogP contribution in [0.1, 0.15) is 26.4 Å². The number of rotatable bonds is 6. The summed E-state index contributed by atoms with van der Waals surface area (Å²) in [6.45, 7) is -0.489. The Labute approximate surface area is 157 Å². The summed E-state index contributed by atoms with van der Waals surface area (Å²) in [7, 11) is 0. The van der Waals surface area contributed by atoms with Crippen molar-refractivity contribution >= 4 is 23.3 Å². The summed E-state index contributed by atoms with van der Waals surface area (Å²) in [4.78, 5) is 30.9. The Bertz CT molecular complexity index is 985. The molecule has 0 radical (unpaired) electrons. The van der Waals surface area contributed by atoms with Crippen molar-refractivity contribution < 1.29 is 27.5 Å². The summed E-state index contributed by atoms with van der Waals surface area (Å²) >= 11 is 0. The maximum absolute atomic E-state index is 12.9. The first-order valence-electron chi connectivity index (χ1n) is 8.07. The summed E-state index contributed by atoms with van der Waals surface area (Å²) in [6.07, 6.45) is -1.56. The number of ketones is 1. The van der Waals surface area contributed by atoms with Crippen LogP contribution in [0.4, 0.5) is 24.7 Å². The second-order valence-electron chi connectivity index (χ2n) is 5.69. The molecular formula is C19H14F3N3O3. The van der Waals surface area contributed by atoms with Crippen LogP contribution in [0.3, 0.4) is 0 Å². The maximum Gasteiger partial charge on any atom is 0.416 e. The van der Waals surface area contributed by atoms with E-state index in [-0.39, 0.29) is 17.1 Å². The van der Waals surface area contributed by atoms with Crippen LogP contribution in [0.5, 0.6) is 0 Å². The minimum Gasteiger partial charge on any atom is -0.454 e. The van der Waals surface area contributed by atoms with Gasteiger partial charge in [0.2, 0.25) is 5.78 Å². The zero-order chi connectivity index (χ0) is 20.1. The van der Waals surface area contributed by atoms with Gasteiger partial charge in [0.1, 0.15) is 11.4 Å². The van der Waals surface area contributed by atoms with E-state index >= 15 is 0 Å². The molecule has 9 heteroatoms. The van der Waals surface area contributed by atoms with E-state index < -0.39 is 30.1 Å². The zero-order valence-corrected chi connectivity index (χ0v) is 14.3. The molecule has 2 heterocycles. The third-order valence-corrected chi connectivity index (χ3v) is 3.71. The van der Waals surface area contributed by atoms with Crippen LogP contribution in [0, 0.1) is 0 Å². The molecule has 0 aliphatic rings. The normalized spacial score (nSPS) is 11.1. The molecule has 0 unspecified atom stereocenters. The van der Waals surface area contributed by atoms with Gasteiger partial charge in [0.05, 0.1) is 11.3 Å². The Morgan fingerprint density at radius 3 is 2.64 bits per heavy atom. The number of nitrogens with zero attached hydrogens (tertiary/aromatic N) is 1. The molecule has 28 heavy (non-hydrogen) atoms. The monoisotopic (exact) mass is 389 g/mol. The Hall–Kier alpha value is -3.62. The summed E-state index contributed by atoms with van der Waals surface area (Å²) in [5.74, 6) is -1.24. The molecule has 2 aromatic heterocycles. The summed E-state index contributed by atoms with van der Waals surface area (Å²) < 4.78 is 43.6. The standard InChI is InChI=1S/C19H14F3N3O3/c20-19(21,22)12-4-1-5-13(10-12)25-17-14(6-2-9-24-17)18(27)28-11-16(26)15-7-3-8-23-15/h1-10,23H,11H2,(H,24,25). The molecule has 1 aromatic carbocycles. The summed E-state index contributed by atoms with van der Waals surface area (Å²) in [5, 5.41) is 2.68. The van der Waals surface area contributed by atoms with E-state index in [1.807, 2.05) is 0 Å². The number of esters is 1. The van der Waals surface area contributed by atoms with Crippen LogP contribution in [-0.4, -0.2) is 28.3 Å². The lowest BCUT2D eigenvalue weighted by atomic mass is 10.2. The highest BCUT2D eigenvalue weighted by Gasteiger charge is 2.30. The first-order valence-corrected chi connectivity index (χ1v) is 8.07. The summed E-state index contributed by atoms with van der Waals surface area (Å²) in [6, 6.07) is 10.5. The van der Waals surface area contributed by atoms with Gasteiger partial charge in [-0.3, -0.25) is 4.79 Å². The number of H-pyrrole nitrogens is 1. The lowest BCUT2D eigenvalue weighted by molar-refractivity contribution is -0.137. The van der Waals surface area contributed by atoms with Crippen LogP contribution in [0.15, 0.2) is 60.9 Å². The van der Waals surface area contributed by atoms with Gasteiger partial charge in [0.25, 0.3) is 0 Å². The van der Waals surface area contributed by atoms with E-state index in [1.54, 1.807) is 18.3 Å². The molecule has 3 aromatic rings. The second kappa shape index (κ2) is 7.95. The fourth-order valence-electron chi connectivity index (χ4n) is 2.37. The molecule has 6 nitrogen and oxygen atoms in total. The number of carbonyl (C=O) groups is 2. The topological polar surface area (TPSA) is 84.1 Å². The molecule has 0 aliphatic carbocycles. The number of aromatic amines is 1. The van der Waals surface area contributed by atoms with Crippen molar-refractivity contribution in [3.63, 3.8) is 0 Å². The zero-order valence-electron chi connectivity index (χ0n) is 14.3. The van der Waals surface area contributed by atoms with Gasteiger partial charge in [-0.05, 0) is 42.5 Å². The van der Waals surface area contributed by atoms with Gasteiger partial charge < -0.3 is 15.0 Å². The average molecular weight is 389 g/mol. The molecule has 2 N–H and O–H groups in total. The van der Waals surface area contributed by atoms with Gasteiger partial charge in [0.15, 0.2) is 6.61 Å². The van der Waals surface area contributed by atoms with E-state index in [0.29, 0.717) is 5.69 Å². The molecule has 0 amide bonds. The van der Waals surface area contributed by atoms with Crippen LogP contribution >= 0.6 is 0 Å². The first-order chi connectivity index (χ1) is 13.3. The Morgan fingerprint density at radius 1 is 1.11 bits per heavy atom. The van der Waals surface area contributed by atoms with Crippen molar-refractivity contribution in [1.82, 2.24) is 9.97 Å². The number of halogens is 3. The first kappa shape index (κ1) is 19.2. The van der Waals surface area contributed by atoms with Crippen LogP contribution in [0.2, 0.25) is 0 Å². The van der Waals surface area contributed by atoms with Crippen LogP contribution in [-0.2, 0) is 10.9 Å². The number of hydrogen-bond acceptors (Lipinski definition) is 5. The minimum atomic E-state index is -4.50. The minimum absolute atomic E-state index is 0.0131.